The van der Waals surface area contributed by atoms with Crippen LogP contribution in [0.5, 0.6) is 0 Å². The highest BCUT2D eigenvalue weighted by Gasteiger charge is 2.26. The smallest absolute Gasteiger partial charge is 0.341 e. The number of carbonyl (C=O) groups is 1. The molecular formula is C12H16F2N2O3S. The molecule has 20 heavy (non-hydrogen) atoms. The first-order valence-electron chi connectivity index (χ1n) is 6.00. The maximum atomic E-state index is 12.3. The van der Waals surface area contributed by atoms with Gasteiger partial charge in [-0.25, -0.2) is 8.42 Å². The van der Waals surface area contributed by atoms with E-state index in [0.29, 0.717) is 12.2 Å². The summed E-state index contributed by atoms with van der Waals surface area (Å²) < 4.78 is 47.0. The van der Waals surface area contributed by atoms with Gasteiger partial charge in [0.1, 0.15) is 0 Å². The molecule has 1 aromatic carbocycles. The van der Waals surface area contributed by atoms with E-state index < -0.39 is 20.5 Å². The highest BCUT2D eigenvalue weighted by molar-refractivity contribution is 7.91. The largest absolute Gasteiger partial charge is 0.376 e. The topological polar surface area (TPSA) is 75.3 Å². The maximum absolute atomic E-state index is 12.3. The van der Waals surface area contributed by atoms with Gasteiger partial charge in [0, 0.05) is 12.2 Å². The first-order chi connectivity index (χ1) is 9.37. The molecule has 0 fully saturated rings. The summed E-state index contributed by atoms with van der Waals surface area (Å²) in [6.07, 6.45) is 0.825. The van der Waals surface area contributed by atoms with E-state index in [0.717, 1.165) is 18.6 Å². The van der Waals surface area contributed by atoms with E-state index >= 15 is 0 Å². The van der Waals surface area contributed by atoms with Crippen molar-refractivity contribution in [3.05, 3.63) is 24.3 Å². The van der Waals surface area contributed by atoms with Crippen LogP contribution in [0.3, 0.4) is 0 Å². The summed E-state index contributed by atoms with van der Waals surface area (Å²) in [5, 5.41) is 5.42. The molecule has 1 amide bonds. The molecule has 0 bridgehead atoms. The Hall–Kier alpha value is -1.70. The van der Waals surface area contributed by atoms with E-state index in [1.807, 2.05) is 6.92 Å². The summed E-state index contributed by atoms with van der Waals surface area (Å²) in [7, 11) is -4.58. The van der Waals surface area contributed by atoms with E-state index in [2.05, 4.69) is 10.6 Å². The summed E-state index contributed by atoms with van der Waals surface area (Å²) in [6.45, 7) is 2.53. The lowest BCUT2D eigenvalue weighted by Crippen LogP contribution is -2.30. The predicted octanol–water partition coefficient (Wildman–Crippen LogP) is 1.62. The molecule has 2 N–H and O–H groups in total. The minimum absolute atomic E-state index is 0.0287. The molecule has 112 valence electrons. The average molecular weight is 306 g/mol. The van der Waals surface area contributed by atoms with E-state index in [1.165, 1.54) is 12.1 Å². The summed E-state index contributed by atoms with van der Waals surface area (Å²) >= 11 is 0. The van der Waals surface area contributed by atoms with Crippen LogP contribution in [0.25, 0.3) is 0 Å². The summed E-state index contributed by atoms with van der Waals surface area (Å²) in [4.78, 5) is 10.9. The summed E-state index contributed by atoms with van der Waals surface area (Å²) in [5.74, 6) is -3.64. The highest BCUT2D eigenvalue weighted by atomic mass is 32.2. The Kier molecular flexibility index (Phi) is 5.87. The number of halogens is 2. The number of hydrogen-bond acceptors (Lipinski definition) is 4. The number of carbonyl (C=O) groups excluding carboxylic acids is 1. The number of sulfone groups is 1. The van der Waals surface area contributed by atoms with Gasteiger partial charge in [0.25, 0.3) is 0 Å². The SMILES string of the molecule is CCCNC(=O)CNc1ccc(S(=O)(=O)C(F)F)cc1. The number of amides is 1. The van der Waals surface area contributed by atoms with Crippen molar-refractivity contribution < 1.29 is 22.0 Å². The Morgan fingerprint density at radius 3 is 2.35 bits per heavy atom. The van der Waals surface area contributed by atoms with Crippen molar-refractivity contribution >= 4 is 21.4 Å². The second-order valence-electron chi connectivity index (χ2n) is 4.03. The summed E-state index contributed by atoms with van der Waals surface area (Å²) in [6, 6.07) is 4.83. The fourth-order valence-corrected chi connectivity index (χ4v) is 2.10. The number of rotatable bonds is 7. The third kappa shape index (κ3) is 4.44. The first-order valence-corrected chi connectivity index (χ1v) is 7.55. The number of anilines is 1. The molecular weight excluding hydrogens is 290 g/mol. The number of hydrogen-bond donors (Lipinski definition) is 2. The Labute approximate surface area is 116 Å². The van der Waals surface area contributed by atoms with Crippen LogP contribution in [-0.4, -0.2) is 33.2 Å². The molecule has 0 heterocycles. The van der Waals surface area contributed by atoms with Gasteiger partial charge in [-0.2, -0.15) is 8.78 Å². The molecule has 0 unspecified atom stereocenters. The molecule has 5 nitrogen and oxygen atoms in total. The van der Waals surface area contributed by atoms with Gasteiger partial charge in [-0.05, 0) is 30.7 Å². The van der Waals surface area contributed by atoms with Crippen molar-refractivity contribution in [2.45, 2.75) is 24.0 Å². The van der Waals surface area contributed by atoms with E-state index in [4.69, 9.17) is 0 Å². The molecule has 0 spiro atoms. The number of alkyl halides is 2. The molecule has 0 aromatic heterocycles. The lowest BCUT2D eigenvalue weighted by molar-refractivity contribution is -0.119. The van der Waals surface area contributed by atoms with Crippen LogP contribution < -0.4 is 10.6 Å². The zero-order valence-electron chi connectivity index (χ0n) is 10.9. The Bertz CT molecular complexity index is 544. The second-order valence-corrected chi connectivity index (χ2v) is 5.95. The monoisotopic (exact) mass is 306 g/mol. The molecule has 1 aromatic rings. The van der Waals surface area contributed by atoms with Gasteiger partial charge < -0.3 is 10.6 Å². The van der Waals surface area contributed by atoms with Crippen LogP contribution in [0.4, 0.5) is 14.5 Å². The van der Waals surface area contributed by atoms with Gasteiger partial charge in [0.05, 0.1) is 11.4 Å². The molecule has 0 saturated carbocycles. The van der Waals surface area contributed by atoms with Crippen molar-refractivity contribution in [1.82, 2.24) is 5.32 Å². The third-order valence-electron chi connectivity index (χ3n) is 2.44. The molecule has 8 heteroatoms. The molecule has 0 aliphatic carbocycles. The lowest BCUT2D eigenvalue weighted by atomic mass is 10.3. The van der Waals surface area contributed by atoms with Gasteiger partial charge in [0.15, 0.2) is 0 Å². The molecule has 0 radical (unpaired) electrons. The Morgan fingerprint density at radius 1 is 1.25 bits per heavy atom. The van der Waals surface area contributed by atoms with Crippen molar-refractivity contribution in [1.29, 1.82) is 0 Å². The number of nitrogens with one attached hydrogen (secondary N) is 2. The third-order valence-corrected chi connectivity index (χ3v) is 3.84. The van der Waals surface area contributed by atoms with E-state index in [9.17, 15) is 22.0 Å². The van der Waals surface area contributed by atoms with Gasteiger partial charge in [0.2, 0.25) is 15.7 Å². The van der Waals surface area contributed by atoms with E-state index in [-0.39, 0.29) is 12.5 Å². The molecule has 1 rings (SSSR count). The fraction of sp³-hybridized carbons (Fsp3) is 0.417. The zero-order valence-corrected chi connectivity index (χ0v) is 11.7. The van der Waals surface area contributed by atoms with Crippen molar-refractivity contribution in [3.63, 3.8) is 0 Å². The lowest BCUT2D eigenvalue weighted by Gasteiger charge is -2.08. The van der Waals surface area contributed by atoms with E-state index in [1.54, 1.807) is 0 Å². The van der Waals surface area contributed by atoms with Gasteiger partial charge >= 0.3 is 5.76 Å². The second kappa shape index (κ2) is 7.18. The molecule has 0 saturated heterocycles. The van der Waals surface area contributed by atoms with Crippen LogP contribution in [0, 0.1) is 0 Å². The van der Waals surface area contributed by atoms with Crippen molar-refractivity contribution in [3.8, 4) is 0 Å². The number of benzene rings is 1. The van der Waals surface area contributed by atoms with Crippen LogP contribution in [0.2, 0.25) is 0 Å². The summed E-state index contributed by atoms with van der Waals surface area (Å²) in [5.41, 5.74) is 0.477. The minimum atomic E-state index is -4.58. The van der Waals surface area contributed by atoms with Crippen LogP contribution >= 0.6 is 0 Å². The van der Waals surface area contributed by atoms with Crippen LogP contribution in [0.15, 0.2) is 29.2 Å². The Balaban J connectivity index is 2.62. The molecule has 0 aliphatic rings. The van der Waals surface area contributed by atoms with Crippen LogP contribution in [-0.2, 0) is 14.6 Å². The zero-order chi connectivity index (χ0) is 15.2. The Morgan fingerprint density at radius 2 is 1.85 bits per heavy atom. The minimum Gasteiger partial charge on any atom is -0.376 e. The van der Waals surface area contributed by atoms with Gasteiger partial charge in [-0.1, -0.05) is 6.92 Å². The molecule has 0 aliphatic heterocycles. The average Bonchev–Trinajstić information content (AvgIpc) is 2.43. The van der Waals surface area contributed by atoms with Gasteiger partial charge in [-0.15, -0.1) is 0 Å². The van der Waals surface area contributed by atoms with Crippen LogP contribution in [0.1, 0.15) is 13.3 Å². The first kappa shape index (κ1) is 16.4. The predicted molar refractivity (Wildman–Crippen MR) is 71.4 cm³/mol. The highest BCUT2D eigenvalue weighted by Crippen LogP contribution is 2.20. The van der Waals surface area contributed by atoms with Crippen molar-refractivity contribution in [2.24, 2.45) is 0 Å². The molecule has 0 atom stereocenters. The van der Waals surface area contributed by atoms with Gasteiger partial charge in [-0.3, -0.25) is 4.79 Å². The standard InChI is InChI=1S/C12H16F2N2O3S/c1-2-7-15-11(17)8-16-9-3-5-10(6-4-9)20(18,19)12(13)14/h3-6,12,16H,2,7-8H2,1H3,(H,15,17). The normalized spacial score (nSPS) is 11.4. The maximum Gasteiger partial charge on any atom is 0.341 e. The quantitative estimate of drug-likeness (QED) is 0.803. The fourth-order valence-electron chi connectivity index (χ4n) is 1.37. The van der Waals surface area contributed by atoms with Crippen molar-refractivity contribution in [2.75, 3.05) is 18.4 Å².